The predicted molar refractivity (Wildman–Crippen MR) is 130 cm³/mol. The van der Waals surface area contributed by atoms with Gasteiger partial charge in [-0.25, -0.2) is 4.98 Å². The van der Waals surface area contributed by atoms with Crippen molar-refractivity contribution in [2.24, 2.45) is 5.73 Å². The Morgan fingerprint density at radius 1 is 0.970 bits per heavy atom. The largest absolute Gasteiger partial charge is 0.364 e. The van der Waals surface area contributed by atoms with Crippen LogP contribution >= 0.6 is 0 Å². The summed E-state index contributed by atoms with van der Waals surface area (Å²) in [7, 11) is 0. The highest BCUT2D eigenvalue weighted by Crippen LogP contribution is 2.33. The van der Waals surface area contributed by atoms with E-state index >= 15 is 0 Å². The van der Waals surface area contributed by atoms with Crippen molar-refractivity contribution in [2.75, 3.05) is 23.7 Å². The molecule has 5 rings (SSSR count). The molecule has 4 aromatic rings. The maximum atomic E-state index is 5.65. The first kappa shape index (κ1) is 21.3. The fourth-order valence-corrected chi connectivity index (χ4v) is 4.25. The van der Waals surface area contributed by atoms with Crippen molar-refractivity contribution in [3.63, 3.8) is 0 Å². The van der Waals surface area contributed by atoms with Crippen molar-refractivity contribution in [2.45, 2.75) is 44.7 Å². The van der Waals surface area contributed by atoms with Crippen LogP contribution in [0.3, 0.4) is 0 Å². The van der Waals surface area contributed by atoms with Gasteiger partial charge in [0.05, 0.1) is 17.7 Å². The predicted octanol–water partition coefficient (Wildman–Crippen LogP) is 3.77. The lowest BCUT2D eigenvalue weighted by molar-refractivity contribution is 0.529. The van der Waals surface area contributed by atoms with Crippen LogP contribution in [-0.2, 0) is 6.54 Å². The molecule has 4 N–H and O–H groups in total. The van der Waals surface area contributed by atoms with E-state index in [1.807, 2.05) is 36.8 Å². The molecule has 4 heterocycles. The highest BCUT2D eigenvalue weighted by Gasteiger charge is 2.21. The van der Waals surface area contributed by atoms with Crippen molar-refractivity contribution in [1.82, 2.24) is 29.5 Å². The molecule has 1 aliphatic carbocycles. The van der Waals surface area contributed by atoms with Crippen molar-refractivity contribution < 1.29 is 0 Å². The van der Waals surface area contributed by atoms with Crippen LogP contribution in [0.2, 0.25) is 0 Å². The zero-order chi connectivity index (χ0) is 22.5. The maximum Gasteiger partial charge on any atom is 0.226 e. The molecule has 0 aromatic carbocycles. The quantitative estimate of drug-likeness (QED) is 0.334. The summed E-state index contributed by atoms with van der Waals surface area (Å²) >= 11 is 0. The summed E-state index contributed by atoms with van der Waals surface area (Å²) in [6.45, 7) is 1.94. The molecule has 0 saturated heterocycles. The zero-order valence-electron chi connectivity index (χ0n) is 18.6. The van der Waals surface area contributed by atoms with Crippen LogP contribution in [-0.4, -0.2) is 42.6 Å². The molecule has 0 spiro atoms. The first-order chi connectivity index (χ1) is 16.3. The van der Waals surface area contributed by atoms with Gasteiger partial charge in [-0.15, -0.1) is 0 Å². The van der Waals surface area contributed by atoms with E-state index in [1.165, 1.54) is 25.7 Å². The average molecular weight is 444 g/mol. The first-order valence-electron chi connectivity index (χ1n) is 11.6. The third-order valence-electron chi connectivity index (χ3n) is 6.02. The van der Waals surface area contributed by atoms with Gasteiger partial charge >= 0.3 is 0 Å². The molecule has 0 radical (unpaired) electrons. The summed E-state index contributed by atoms with van der Waals surface area (Å²) in [6.07, 6.45) is 11.3. The number of nitrogens with two attached hydrogens (primary N) is 1. The molecule has 0 amide bonds. The van der Waals surface area contributed by atoms with E-state index in [0.717, 1.165) is 46.9 Å². The average Bonchev–Trinajstić information content (AvgIpc) is 3.54. The lowest BCUT2D eigenvalue weighted by atomic mass is 10.2. The Morgan fingerprint density at radius 2 is 1.85 bits per heavy atom. The molecule has 9 heteroatoms. The van der Waals surface area contributed by atoms with Crippen LogP contribution in [0.25, 0.3) is 22.6 Å². The summed E-state index contributed by atoms with van der Waals surface area (Å²) < 4.78 is 2.21. The SMILES string of the molecule is NCCCNc1nc(NCc2ccc(-c3ccccn3)nc2)c2ncn(C3CCCC3)c2n1. The number of anilines is 2. The smallest absolute Gasteiger partial charge is 0.226 e. The summed E-state index contributed by atoms with van der Waals surface area (Å²) in [4.78, 5) is 23.1. The van der Waals surface area contributed by atoms with Gasteiger partial charge in [0, 0.05) is 31.5 Å². The number of hydrogen-bond donors (Lipinski definition) is 3. The van der Waals surface area contributed by atoms with E-state index in [0.29, 0.717) is 25.1 Å². The number of rotatable bonds is 9. The topological polar surface area (TPSA) is 119 Å². The Balaban J connectivity index is 1.38. The molecule has 0 unspecified atom stereocenters. The third kappa shape index (κ3) is 4.78. The number of nitrogens with one attached hydrogen (secondary N) is 2. The van der Waals surface area contributed by atoms with Crippen LogP contribution < -0.4 is 16.4 Å². The highest BCUT2D eigenvalue weighted by atomic mass is 15.2. The van der Waals surface area contributed by atoms with Gasteiger partial charge in [0.1, 0.15) is 0 Å². The number of pyridine rings is 2. The molecule has 0 bridgehead atoms. The Labute approximate surface area is 192 Å². The number of imidazole rings is 1. The fraction of sp³-hybridized carbons (Fsp3) is 0.375. The van der Waals surface area contributed by atoms with E-state index in [-0.39, 0.29) is 0 Å². The van der Waals surface area contributed by atoms with Crippen molar-refractivity contribution in [1.29, 1.82) is 0 Å². The molecule has 170 valence electrons. The van der Waals surface area contributed by atoms with Gasteiger partial charge in [0.2, 0.25) is 5.95 Å². The Hall–Kier alpha value is -3.59. The van der Waals surface area contributed by atoms with Crippen LogP contribution in [0.5, 0.6) is 0 Å². The molecule has 33 heavy (non-hydrogen) atoms. The second-order valence-corrected chi connectivity index (χ2v) is 8.35. The maximum absolute atomic E-state index is 5.65. The van der Waals surface area contributed by atoms with Crippen molar-refractivity contribution in [3.05, 3.63) is 54.6 Å². The van der Waals surface area contributed by atoms with Crippen molar-refractivity contribution in [3.8, 4) is 11.4 Å². The van der Waals surface area contributed by atoms with Gasteiger partial charge in [-0.3, -0.25) is 9.97 Å². The molecule has 1 saturated carbocycles. The zero-order valence-corrected chi connectivity index (χ0v) is 18.6. The van der Waals surface area contributed by atoms with E-state index in [9.17, 15) is 0 Å². The Kier molecular flexibility index (Phi) is 6.39. The molecule has 1 fully saturated rings. The van der Waals surface area contributed by atoms with Crippen LogP contribution in [0.1, 0.15) is 43.7 Å². The van der Waals surface area contributed by atoms with Gasteiger partial charge in [-0.05, 0) is 49.6 Å². The molecule has 4 aromatic heterocycles. The minimum absolute atomic E-state index is 0.456. The summed E-state index contributed by atoms with van der Waals surface area (Å²) in [5.41, 5.74) is 10.1. The summed E-state index contributed by atoms with van der Waals surface area (Å²) in [5, 5.41) is 6.76. The number of fused-ring (bicyclic) bond motifs is 1. The molecular weight excluding hydrogens is 414 g/mol. The molecule has 9 nitrogen and oxygen atoms in total. The van der Waals surface area contributed by atoms with Gasteiger partial charge in [0.15, 0.2) is 17.0 Å². The second-order valence-electron chi connectivity index (χ2n) is 8.35. The third-order valence-corrected chi connectivity index (χ3v) is 6.02. The summed E-state index contributed by atoms with van der Waals surface area (Å²) in [5.74, 6) is 1.32. The minimum Gasteiger partial charge on any atom is -0.364 e. The fourth-order valence-electron chi connectivity index (χ4n) is 4.25. The Morgan fingerprint density at radius 3 is 2.61 bits per heavy atom. The van der Waals surface area contributed by atoms with E-state index in [1.54, 1.807) is 6.20 Å². The highest BCUT2D eigenvalue weighted by molar-refractivity contribution is 5.84. The van der Waals surface area contributed by atoms with Crippen LogP contribution in [0.15, 0.2) is 49.1 Å². The lowest BCUT2D eigenvalue weighted by Crippen LogP contribution is -2.13. The number of nitrogens with zero attached hydrogens (tertiary/aromatic N) is 6. The van der Waals surface area contributed by atoms with E-state index in [2.05, 4.69) is 36.2 Å². The second kappa shape index (κ2) is 9.91. The van der Waals surface area contributed by atoms with Crippen LogP contribution in [0, 0.1) is 0 Å². The molecular formula is C24H29N9. The standard InChI is InChI=1S/C24H29N9/c25-11-5-13-27-24-31-22(21-23(32-24)33(16-30-21)18-6-1-2-7-18)29-15-17-9-10-20(28-14-17)19-8-3-4-12-26-19/h3-4,8-10,12,14,16,18H,1-2,5-7,11,13,15,25H2,(H2,27,29,31,32). The number of aromatic nitrogens is 6. The van der Waals surface area contributed by atoms with Gasteiger partial charge < -0.3 is 20.9 Å². The molecule has 0 aliphatic heterocycles. The minimum atomic E-state index is 0.456. The monoisotopic (exact) mass is 443 g/mol. The normalized spacial score (nSPS) is 14.1. The van der Waals surface area contributed by atoms with E-state index in [4.69, 9.17) is 15.7 Å². The Bertz CT molecular complexity index is 1180. The van der Waals surface area contributed by atoms with E-state index < -0.39 is 0 Å². The van der Waals surface area contributed by atoms with Crippen LogP contribution in [0.4, 0.5) is 11.8 Å². The lowest BCUT2D eigenvalue weighted by Gasteiger charge is -2.14. The number of hydrogen-bond acceptors (Lipinski definition) is 8. The summed E-state index contributed by atoms with van der Waals surface area (Å²) in [6, 6.07) is 10.3. The van der Waals surface area contributed by atoms with Crippen molar-refractivity contribution >= 4 is 22.9 Å². The first-order valence-corrected chi connectivity index (χ1v) is 11.6. The van der Waals surface area contributed by atoms with Gasteiger partial charge in [-0.2, -0.15) is 9.97 Å². The molecule has 1 aliphatic rings. The van der Waals surface area contributed by atoms with Gasteiger partial charge in [-0.1, -0.05) is 25.0 Å². The molecule has 0 atom stereocenters. The van der Waals surface area contributed by atoms with Gasteiger partial charge in [0.25, 0.3) is 0 Å².